The number of halogens is 3. The lowest BCUT2D eigenvalue weighted by atomic mass is 10.2. The van der Waals surface area contributed by atoms with Crippen LogP contribution in [0.4, 0.5) is 18.9 Å². The maximum atomic E-state index is 13.7. The fourth-order valence-corrected chi connectivity index (χ4v) is 2.65. The van der Waals surface area contributed by atoms with Crippen molar-refractivity contribution < 1.29 is 22.8 Å². The summed E-state index contributed by atoms with van der Waals surface area (Å²) in [7, 11) is 0. The number of fused-ring (bicyclic) bond motifs is 1. The minimum absolute atomic E-state index is 0.146. The van der Waals surface area contributed by atoms with Crippen LogP contribution in [-0.4, -0.2) is 49.4 Å². The maximum absolute atomic E-state index is 13.7. The van der Waals surface area contributed by atoms with Crippen molar-refractivity contribution in [2.45, 2.75) is 20.3 Å². The quantitative estimate of drug-likeness (QED) is 0.635. The van der Waals surface area contributed by atoms with E-state index in [1.807, 2.05) is 0 Å². The second kappa shape index (κ2) is 8.25. The molecule has 29 heavy (non-hydrogen) atoms. The van der Waals surface area contributed by atoms with Crippen molar-refractivity contribution in [2.75, 3.05) is 18.4 Å². The Morgan fingerprint density at radius 1 is 1.17 bits per heavy atom. The average Bonchev–Trinajstić information content (AvgIpc) is 3.13. The number of anilines is 1. The van der Waals surface area contributed by atoms with E-state index in [1.54, 1.807) is 19.9 Å². The molecule has 3 rings (SSSR count). The van der Waals surface area contributed by atoms with Gasteiger partial charge in [-0.2, -0.15) is 4.98 Å². The van der Waals surface area contributed by atoms with Gasteiger partial charge < -0.3 is 10.2 Å². The molecule has 0 aliphatic heterocycles. The highest BCUT2D eigenvalue weighted by Crippen LogP contribution is 2.19. The number of aryl methyl sites for hydroxylation is 1. The Balaban J connectivity index is 1.78. The van der Waals surface area contributed by atoms with Gasteiger partial charge in [0.25, 0.3) is 11.7 Å². The first-order chi connectivity index (χ1) is 13.8. The minimum atomic E-state index is -1.69. The van der Waals surface area contributed by atoms with E-state index in [0.29, 0.717) is 12.5 Å². The Hall–Kier alpha value is -3.50. The Bertz CT molecular complexity index is 1080. The molecule has 0 saturated carbocycles. The molecular weight excluding hydrogens is 389 g/mol. The third kappa shape index (κ3) is 4.18. The maximum Gasteiger partial charge on any atom is 0.294 e. The van der Waals surface area contributed by atoms with Crippen molar-refractivity contribution in [1.82, 2.24) is 24.5 Å². The van der Waals surface area contributed by atoms with Crippen molar-refractivity contribution in [3.8, 4) is 0 Å². The number of hydrogen-bond donors (Lipinski definition) is 1. The van der Waals surface area contributed by atoms with Crippen LogP contribution in [0.15, 0.2) is 24.4 Å². The van der Waals surface area contributed by atoms with E-state index in [-0.39, 0.29) is 18.1 Å². The van der Waals surface area contributed by atoms with E-state index in [1.165, 1.54) is 15.6 Å². The van der Waals surface area contributed by atoms with Crippen LogP contribution in [0, 0.1) is 24.4 Å². The topological polar surface area (TPSA) is 92.5 Å². The van der Waals surface area contributed by atoms with Gasteiger partial charge in [0.2, 0.25) is 11.7 Å². The fraction of sp³-hybridized carbons (Fsp3) is 0.278. The van der Waals surface area contributed by atoms with Gasteiger partial charge in [-0.15, -0.1) is 5.10 Å². The van der Waals surface area contributed by atoms with Crippen molar-refractivity contribution in [2.24, 2.45) is 0 Å². The highest BCUT2D eigenvalue weighted by molar-refractivity contribution is 5.97. The highest BCUT2D eigenvalue weighted by atomic mass is 19.2. The van der Waals surface area contributed by atoms with Crippen molar-refractivity contribution in [3.63, 3.8) is 0 Å². The van der Waals surface area contributed by atoms with E-state index in [0.717, 1.165) is 11.8 Å². The Morgan fingerprint density at radius 3 is 2.62 bits per heavy atom. The summed E-state index contributed by atoms with van der Waals surface area (Å²) in [5.41, 5.74) is 0.193. The van der Waals surface area contributed by atoms with Gasteiger partial charge in [-0.3, -0.25) is 9.59 Å². The molecule has 0 saturated heterocycles. The number of hydrogen-bond acceptors (Lipinski definition) is 5. The van der Waals surface area contributed by atoms with Crippen LogP contribution in [0.1, 0.15) is 29.7 Å². The standard InChI is InChI=1S/C18H17F3N6O2/c1-3-8-26(9-13(28)23-12-5-4-11(19)14(20)15(12)21)17(29)16-24-18-22-7-6-10(2)27(18)25-16/h4-7H,3,8-9H2,1-2H3,(H,23,28). The predicted molar refractivity (Wildman–Crippen MR) is 96.7 cm³/mol. The third-order valence-electron chi connectivity index (χ3n) is 4.05. The van der Waals surface area contributed by atoms with Gasteiger partial charge in [-0.05, 0) is 31.5 Å². The number of nitrogens with zero attached hydrogens (tertiary/aromatic N) is 5. The molecule has 2 aromatic heterocycles. The molecule has 8 nitrogen and oxygen atoms in total. The van der Waals surface area contributed by atoms with Crippen molar-refractivity contribution in [1.29, 1.82) is 0 Å². The average molecular weight is 406 g/mol. The van der Waals surface area contributed by atoms with Gasteiger partial charge in [-0.1, -0.05) is 6.92 Å². The molecule has 152 valence electrons. The molecule has 0 atom stereocenters. The zero-order valence-electron chi connectivity index (χ0n) is 15.6. The van der Waals surface area contributed by atoms with Crippen LogP contribution < -0.4 is 5.32 Å². The number of benzene rings is 1. The first-order valence-corrected chi connectivity index (χ1v) is 8.72. The molecule has 0 fully saturated rings. The number of rotatable bonds is 6. The molecular formula is C18H17F3N6O2. The number of amides is 2. The van der Waals surface area contributed by atoms with E-state index < -0.39 is 41.5 Å². The first kappa shape index (κ1) is 20.2. The van der Waals surface area contributed by atoms with E-state index in [2.05, 4.69) is 20.4 Å². The van der Waals surface area contributed by atoms with E-state index in [4.69, 9.17) is 0 Å². The smallest absolute Gasteiger partial charge is 0.294 e. The molecule has 2 heterocycles. The molecule has 3 aromatic rings. The highest BCUT2D eigenvalue weighted by Gasteiger charge is 2.24. The Labute approximate surface area is 163 Å². The number of carbonyl (C=O) groups is 2. The first-order valence-electron chi connectivity index (χ1n) is 8.72. The Kier molecular flexibility index (Phi) is 5.76. The summed E-state index contributed by atoms with van der Waals surface area (Å²) >= 11 is 0. The molecule has 0 spiro atoms. The van der Waals surface area contributed by atoms with Gasteiger partial charge >= 0.3 is 0 Å². The zero-order chi connectivity index (χ0) is 21.1. The SMILES string of the molecule is CCCN(CC(=O)Nc1ccc(F)c(F)c1F)C(=O)c1nc2nccc(C)n2n1. The monoisotopic (exact) mass is 406 g/mol. The summed E-state index contributed by atoms with van der Waals surface area (Å²) in [5.74, 6) is -5.89. The van der Waals surface area contributed by atoms with Gasteiger partial charge in [0.1, 0.15) is 6.54 Å². The molecule has 0 aliphatic carbocycles. The van der Waals surface area contributed by atoms with Gasteiger partial charge in [0.15, 0.2) is 17.5 Å². The van der Waals surface area contributed by atoms with Crippen LogP contribution in [0.25, 0.3) is 5.78 Å². The van der Waals surface area contributed by atoms with E-state index in [9.17, 15) is 22.8 Å². The third-order valence-corrected chi connectivity index (χ3v) is 4.05. The lowest BCUT2D eigenvalue weighted by Crippen LogP contribution is -2.39. The fourth-order valence-electron chi connectivity index (χ4n) is 2.65. The van der Waals surface area contributed by atoms with Gasteiger partial charge in [0.05, 0.1) is 5.69 Å². The van der Waals surface area contributed by atoms with Crippen LogP contribution in [0.2, 0.25) is 0 Å². The van der Waals surface area contributed by atoms with E-state index >= 15 is 0 Å². The molecule has 1 aromatic carbocycles. The number of aromatic nitrogens is 4. The summed E-state index contributed by atoms with van der Waals surface area (Å²) < 4.78 is 41.5. The lowest BCUT2D eigenvalue weighted by molar-refractivity contribution is -0.116. The van der Waals surface area contributed by atoms with Gasteiger partial charge in [-0.25, -0.2) is 22.7 Å². The van der Waals surface area contributed by atoms with Crippen LogP contribution >= 0.6 is 0 Å². The molecule has 0 aliphatic rings. The van der Waals surface area contributed by atoms with Gasteiger partial charge in [0, 0.05) is 18.4 Å². The molecule has 0 radical (unpaired) electrons. The lowest BCUT2D eigenvalue weighted by Gasteiger charge is -2.20. The minimum Gasteiger partial charge on any atom is -0.327 e. The summed E-state index contributed by atoms with van der Waals surface area (Å²) in [6.07, 6.45) is 2.06. The zero-order valence-corrected chi connectivity index (χ0v) is 15.6. The Morgan fingerprint density at radius 2 is 1.93 bits per heavy atom. The predicted octanol–water partition coefficient (Wildman–Crippen LogP) is 2.34. The molecule has 0 bridgehead atoms. The van der Waals surface area contributed by atoms with Crippen molar-refractivity contribution in [3.05, 3.63) is 53.4 Å². The second-order valence-electron chi connectivity index (χ2n) is 6.23. The van der Waals surface area contributed by atoms with Crippen molar-refractivity contribution >= 4 is 23.3 Å². The normalized spacial score (nSPS) is 10.9. The largest absolute Gasteiger partial charge is 0.327 e. The number of carbonyl (C=O) groups excluding carboxylic acids is 2. The molecule has 0 unspecified atom stereocenters. The summed E-state index contributed by atoms with van der Waals surface area (Å²) in [6, 6.07) is 3.29. The summed E-state index contributed by atoms with van der Waals surface area (Å²) in [6.45, 7) is 3.32. The summed E-state index contributed by atoms with van der Waals surface area (Å²) in [4.78, 5) is 34.3. The molecule has 1 N–H and O–H groups in total. The second-order valence-corrected chi connectivity index (χ2v) is 6.23. The molecule has 2 amide bonds. The van der Waals surface area contributed by atoms with Crippen LogP contribution in [-0.2, 0) is 4.79 Å². The summed E-state index contributed by atoms with van der Waals surface area (Å²) in [5, 5.41) is 6.25. The number of nitrogens with one attached hydrogen (secondary N) is 1. The van der Waals surface area contributed by atoms with Crippen LogP contribution in [0.5, 0.6) is 0 Å². The molecule has 11 heteroatoms. The van der Waals surface area contributed by atoms with Crippen LogP contribution in [0.3, 0.4) is 0 Å².